The van der Waals surface area contributed by atoms with Gasteiger partial charge in [-0.2, -0.15) is 0 Å². The molecule has 2 N–H and O–H groups in total. The van der Waals surface area contributed by atoms with Crippen molar-refractivity contribution in [1.82, 2.24) is 0 Å². The molecule has 0 saturated carbocycles. The molecule has 0 atom stereocenters. The molecule has 2 nitrogen and oxygen atoms in total. The lowest BCUT2D eigenvalue weighted by atomic mass is 9.91. The van der Waals surface area contributed by atoms with E-state index in [0.717, 1.165) is 11.4 Å². The quantitative estimate of drug-likeness (QED) is 0.336. The highest BCUT2D eigenvalue weighted by molar-refractivity contribution is 6.21. The Labute approximate surface area is 169 Å². The molecule has 1 aliphatic rings. The molecule has 0 spiro atoms. The van der Waals surface area contributed by atoms with Gasteiger partial charge >= 0.3 is 0 Å². The minimum absolute atomic E-state index is 0.516. The van der Waals surface area contributed by atoms with Gasteiger partial charge < -0.3 is 10.6 Å². The number of benzene rings is 5. The molecule has 0 bridgehead atoms. The zero-order valence-corrected chi connectivity index (χ0v) is 15.9. The van der Waals surface area contributed by atoms with Crippen LogP contribution in [0.25, 0.3) is 21.5 Å². The lowest BCUT2D eigenvalue weighted by Crippen LogP contribution is -2.39. The highest BCUT2D eigenvalue weighted by Gasteiger charge is 2.41. The Morgan fingerprint density at radius 1 is 0.379 bits per heavy atom. The number of hydrogen-bond acceptors (Lipinski definition) is 2. The van der Waals surface area contributed by atoms with Gasteiger partial charge in [0.15, 0.2) is 5.66 Å². The Balaban J connectivity index is 1.70. The Kier molecular flexibility index (Phi) is 3.41. The lowest BCUT2D eigenvalue weighted by Gasteiger charge is -2.32. The van der Waals surface area contributed by atoms with Gasteiger partial charge in [-0.15, -0.1) is 0 Å². The van der Waals surface area contributed by atoms with Crippen molar-refractivity contribution >= 4 is 32.9 Å². The minimum Gasteiger partial charge on any atom is -0.353 e. The van der Waals surface area contributed by atoms with Gasteiger partial charge in [-0.3, -0.25) is 0 Å². The summed E-state index contributed by atoms with van der Waals surface area (Å²) in [5.41, 5.74) is 4.18. The third-order valence-electron chi connectivity index (χ3n) is 5.97. The number of rotatable bonds is 2. The fourth-order valence-corrected chi connectivity index (χ4v) is 4.64. The largest absolute Gasteiger partial charge is 0.353 e. The molecule has 2 heteroatoms. The molecular weight excluding hydrogens is 352 g/mol. The molecule has 0 amide bonds. The van der Waals surface area contributed by atoms with Crippen LogP contribution in [0.5, 0.6) is 0 Å². The smallest absolute Gasteiger partial charge is 0.161 e. The predicted molar refractivity (Wildman–Crippen MR) is 122 cm³/mol. The first-order chi connectivity index (χ1) is 14.4. The molecule has 0 aliphatic carbocycles. The summed E-state index contributed by atoms with van der Waals surface area (Å²) in [5.74, 6) is 0. The highest BCUT2D eigenvalue weighted by atomic mass is 15.3. The van der Waals surface area contributed by atoms with Gasteiger partial charge in [0.2, 0.25) is 0 Å². The summed E-state index contributed by atoms with van der Waals surface area (Å²) < 4.78 is 0. The van der Waals surface area contributed by atoms with Crippen molar-refractivity contribution in [2.24, 2.45) is 0 Å². The van der Waals surface area contributed by atoms with Gasteiger partial charge in [-0.05, 0) is 10.8 Å². The Morgan fingerprint density at radius 3 is 1.14 bits per heavy atom. The van der Waals surface area contributed by atoms with Crippen molar-refractivity contribution < 1.29 is 0 Å². The molecule has 5 aromatic rings. The zero-order chi connectivity index (χ0) is 19.3. The van der Waals surface area contributed by atoms with Crippen LogP contribution >= 0.6 is 0 Å². The van der Waals surface area contributed by atoms with Crippen LogP contribution in [-0.2, 0) is 5.66 Å². The van der Waals surface area contributed by atoms with Crippen molar-refractivity contribution in [1.29, 1.82) is 0 Å². The first-order valence-electron chi connectivity index (χ1n) is 9.98. The van der Waals surface area contributed by atoms with Crippen molar-refractivity contribution in [3.8, 4) is 0 Å². The molecule has 6 rings (SSSR count). The van der Waals surface area contributed by atoms with Gasteiger partial charge in [0.1, 0.15) is 0 Å². The van der Waals surface area contributed by atoms with Gasteiger partial charge in [0.25, 0.3) is 0 Å². The maximum absolute atomic E-state index is 3.90. The standard InChI is InChI=1S/C27H20N2/c1-3-11-19(12-4-1)27(20-13-5-2-6-14-20)28-25-23-17-9-7-15-21(23)22-16-8-10-18-24(22)26(25)29-27/h1-18,28-29H. The first kappa shape index (κ1) is 16.2. The summed E-state index contributed by atoms with van der Waals surface area (Å²) in [6, 6.07) is 38.6. The second kappa shape index (κ2) is 6.11. The monoisotopic (exact) mass is 372 g/mol. The van der Waals surface area contributed by atoms with E-state index >= 15 is 0 Å². The van der Waals surface area contributed by atoms with Crippen LogP contribution in [0, 0.1) is 0 Å². The Bertz CT molecular complexity index is 1230. The molecule has 1 heterocycles. The molecule has 138 valence electrons. The normalized spacial score (nSPS) is 14.3. The van der Waals surface area contributed by atoms with E-state index in [1.54, 1.807) is 0 Å². The van der Waals surface area contributed by atoms with E-state index < -0.39 is 5.66 Å². The van der Waals surface area contributed by atoms with Crippen molar-refractivity contribution in [3.63, 3.8) is 0 Å². The molecule has 29 heavy (non-hydrogen) atoms. The lowest BCUT2D eigenvalue weighted by molar-refractivity contribution is 0.704. The number of fused-ring (bicyclic) bond motifs is 6. The van der Waals surface area contributed by atoms with E-state index in [1.165, 1.54) is 32.7 Å². The summed E-state index contributed by atoms with van der Waals surface area (Å²) in [7, 11) is 0. The van der Waals surface area contributed by atoms with E-state index in [2.05, 4.69) is 120 Å². The van der Waals surface area contributed by atoms with E-state index in [4.69, 9.17) is 0 Å². The van der Waals surface area contributed by atoms with Gasteiger partial charge in [-0.25, -0.2) is 0 Å². The van der Waals surface area contributed by atoms with E-state index in [1.807, 2.05) is 0 Å². The molecule has 0 unspecified atom stereocenters. The fourth-order valence-electron chi connectivity index (χ4n) is 4.64. The summed E-state index contributed by atoms with van der Waals surface area (Å²) in [6.07, 6.45) is 0. The first-order valence-corrected chi connectivity index (χ1v) is 9.98. The summed E-state index contributed by atoms with van der Waals surface area (Å²) in [5, 5.41) is 12.8. The topological polar surface area (TPSA) is 24.1 Å². The SMILES string of the molecule is c1ccc(C2(c3ccccc3)Nc3c(c4ccccc4c4ccccc34)N2)cc1. The zero-order valence-electron chi connectivity index (χ0n) is 15.9. The maximum atomic E-state index is 3.90. The van der Waals surface area contributed by atoms with E-state index in [-0.39, 0.29) is 0 Å². The Hall–Kier alpha value is -3.78. The van der Waals surface area contributed by atoms with Crippen LogP contribution in [0.2, 0.25) is 0 Å². The molecular formula is C27H20N2. The predicted octanol–water partition coefficient (Wildman–Crippen LogP) is 6.73. The molecule has 1 aliphatic heterocycles. The highest BCUT2D eigenvalue weighted by Crippen LogP contribution is 2.50. The van der Waals surface area contributed by atoms with Gasteiger partial charge in [-0.1, -0.05) is 109 Å². The number of hydrogen-bond donors (Lipinski definition) is 2. The second-order valence-corrected chi connectivity index (χ2v) is 7.57. The van der Waals surface area contributed by atoms with Gasteiger partial charge in [0, 0.05) is 21.9 Å². The summed E-state index contributed by atoms with van der Waals surface area (Å²) in [4.78, 5) is 0. The fraction of sp³-hybridized carbons (Fsp3) is 0.0370. The van der Waals surface area contributed by atoms with E-state index in [9.17, 15) is 0 Å². The average molecular weight is 372 g/mol. The molecule has 0 fully saturated rings. The molecule has 0 aromatic heterocycles. The summed E-state index contributed by atoms with van der Waals surface area (Å²) >= 11 is 0. The Morgan fingerprint density at radius 2 is 0.724 bits per heavy atom. The van der Waals surface area contributed by atoms with Crippen LogP contribution in [0.1, 0.15) is 11.1 Å². The van der Waals surface area contributed by atoms with Gasteiger partial charge in [0.05, 0.1) is 11.4 Å². The average Bonchev–Trinajstić information content (AvgIpc) is 3.23. The molecule has 0 saturated heterocycles. The van der Waals surface area contributed by atoms with Crippen molar-refractivity contribution in [2.75, 3.05) is 10.6 Å². The van der Waals surface area contributed by atoms with Crippen molar-refractivity contribution in [2.45, 2.75) is 5.66 Å². The van der Waals surface area contributed by atoms with Crippen LogP contribution in [0.4, 0.5) is 11.4 Å². The third-order valence-corrected chi connectivity index (χ3v) is 5.97. The maximum Gasteiger partial charge on any atom is 0.161 e. The third kappa shape index (κ3) is 2.29. The molecule has 0 radical (unpaired) electrons. The summed E-state index contributed by atoms with van der Waals surface area (Å²) in [6.45, 7) is 0. The number of anilines is 2. The van der Waals surface area contributed by atoms with E-state index in [0.29, 0.717) is 0 Å². The van der Waals surface area contributed by atoms with Crippen LogP contribution in [-0.4, -0.2) is 0 Å². The minimum atomic E-state index is -0.516. The van der Waals surface area contributed by atoms with Crippen molar-refractivity contribution in [3.05, 3.63) is 120 Å². The van der Waals surface area contributed by atoms with Crippen LogP contribution in [0.15, 0.2) is 109 Å². The molecule has 5 aromatic carbocycles. The number of nitrogens with one attached hydrogen (secondary N) is 2. The van der Waals surface area contributed by atoms with Crippen LogP contribution in [0.3, 0.4) is 0 Å². The van der Waals surface area contributed by atoms with Crippen LogP contribution < -0.4 is 10.6 Å². The second-order valence-electron chi connectivity index (χ2n) is 7.57.